The van der Waals surface area contributed by atoms with Crippen molar-refractivity contribution in [3.63, 3.8) is 0 Å². The van der Waals surface area contributed by atoms with Gasteiger partial charge in [-0.1, -0.05) is 22.9 Å². The molecule has 6 nitrogen and oxygen atoms in total. The SMILES string of the molecule is Cn1ccc(C(=O)NC2CCCN(c3nc4ccc(Cl)cc4s3)C2)n1. The Morgan fingerprint density at radius 2 is 2.28 bits per heavy atom. The summed E-state index contributed by atoms with van der Waals surface area (Å²) in [5, 5.41) is 8.95. The number of thiazole rings is 1. The van der Waals surface area contributed by atoms with Crippen molar-refractivity contribution in [3.05, 3.63) is 41.2 Å². The van der Waals surface area contributed by atoms with E-state index in [2.05, 4.69) is 15.3 Å². The van der Waals surface area contributed by atoms with Crippen LogP contribution in [0.2, 0.25) is 5.02 Å². The fourth-order valence-electron chi connectivity index (χ4n) is 3.09. The number of carbonyl (C=O) groups is 1. The lowest BCUT2D eigenvalue weighted by Gasteiger charge is -2.32. The van der Waals surface area contributed by atoms with Crippen molar-refractivity contribution in [1.29, 1.82) is 0 Å². The van der Waals surface area contributed by atoms with Crippen LogP contribution in [0, 0.1) is 0 Å². The molecule has 2 aromatic heterocycles. The largest absolute Gasteiger partial charge is 0.346 e. The number of fused-ring (bicyclic) bond motifs is 1. The van der Waals surface area contributed by atoms with Gasteiger partial charge < -0.3 is 10.2 Å². The van der Waals surface area contributed by atoms with Gasteiger partial charge in [0.15, 0.2) is 5.13 Å². The fraction of sp³-hybridized carbons (Fsp3) is 0.353. The predicted molar refractivity (Wildman–Crippen MR) is 101 cm³/mol. The van der Waals surface area contributed by atoms with Crippen molar-refractivity contribution in [3.8, 4) is 0 Å². The first-order valence-corrected chi connectivity index (χ1v) is 9.39. The number of benzene rings is 1. The summed E-state index contributed by atoms with van der Waals surface area (Å²) in [5.41, 5.74) is 1.42. The molecule has 1 aliphatic rings. The van der Waals surface area contributed by atoms with Gasteiger partial charge in [0.1, 0.15) is 5.69 Å². The van der Waals surface area contributed by atoms with Crippen molar-refractivity contribution < 1.29 is 4.79 Å². The van der Waals surface area contributed by atoms with Crippen LogP contribution in [-0.4, -0.2) is 39.8 Å². The van der Waals surface area contributed by atoms with Gasteiger partial charge in [0.25, 0.3) is 5.91 Å². The van der Waals surface area contributed by atoms with Crippen LogP contribution in [0.3, 0.4) is 0 Å². The van der Waals surface area contributed by atoms with E-state index in [4.69, 9.17) is 16.6 Å². The number of carbonyl (C=O) groups excluding carboxylic acids is 1. The quantitative estimate of drug-likeness (QED) is 0.764. The normalized spacial score (nSPS) is 17.8. The third-order valence-corrected chi connectivity index (χ3v) is 5.63. The standard InChI is InChI=1S/C17H18ClN5OS/c1-22-8-6-14(21-22)16(24)19-12-3-2-7-23(10-12)17-20-13-5-4-11(18)9-15(13)25-17/h4-6,8-9,12H,2-3,7,10H2,1H3,(H,19,24). The van der Waals surface area contributed by atoms with Gasteiger partial charge >= 0.3 is 0 Å². The molecule has 1 aromatic carbocycles. The third kappa shape index (κ3) is 3.48. The van der Waals surface area contributed by atoms with Gasteiger partial charge in [0.2, 0.25) is 0 Å². The van der Waals surface area contributed by atoms with Crippen LogP contribution in [0.4, 0.5) is 5.13 Å². The Morgan fingerprint density at radius 1 is 1.40 bits per heavy atom. The van der Waals surface area contributed by atoms with E-state index in [1.165, 1.54) is 0 Å². The maximum absolute atomic E-state index is 12.3. The van der Waals surface area contributed by atoms with Crippen molar-refractivity contribution in [2.24, 2.45) is 7.05 Å². The Balaban J connectivity index is 1.47. The lowest BCUT2D eigenvalue weighted by atomic mass is 10.1. The van der Waals surface area contributed by atoms with Crippen molar-refractivity contribution in [1.82, 2.24) is 20.1 Å². The van der Waals surface area contributed by atoms with E-state index in [9.17, 15) is 4.79 Å². The Bertz CT molecular complexity index is 921. The number of piperidine rings is 1. The van der Waals surface area contributed by atoms with Gasteiger partial charge in [-0.15, -0.1) is 0 Å². The molecule has 8 heteroatoms. The summed E-state index contributed by atoms with van der Waals surface area (Å²) in [5.74, 6) is -0.122. The molecule has 1 atom stereocenters. The minimum Gasteiger partial charge on any atom is -0.346 e. The molecular formula is C17H18ClN5OS. The molecule has 25 heavy (non-hydrogen) atoms. The zero-order valence-electron chi connectivity index (χ0n) is 13.8. The minimum atomic E-state index is -0.122. The molecule has 1 saturated heterocycles. The minimum absolute atomic E-state index is 0.0962. The molecule has 3 heterocycles. The highest BCUT2D eigenvalue weighted by atomic mass is 35.5. The summed E-state index contributed by atoms with van der Waals surface area (Å²) in [6.07, 6.45) is 3.75. The number of hydrogen-bond acceptors (Lipinski definition) is 5. The number of nitrogens with one attached hydrogen (secondary N) is 1. The Labute approximate surface area is 154 Å². The first-order chi connectivity index (χ1) is 12.1. The molecule has 0 spiro atoms. The summed E-state index contributed by atoms with van der Waals surface area (Å²) in [7, 11) is 1.80. The smallest absolute Gasteiger partial charge is 0.272 e. The Morgan fingerprint density at radius 3 is 3.08 bits per heavy atom. The van der Waals surface area contributed by atoms with E-state index in [0.717, 1.165) is 46.3 Å². The number of nitrogens with zero attached hydrogens (tertiary/aromatic N) is 4. The number of amides is 1. The number of rotatable bonds is 3. The molecule has 1 unspecified atom stereocenters. The van der Waals surface area contributed by atoms with Crippen LogP contribution in [-0.2, 0) is 7.05 Å². The highest BCUT2D eigenvalue weighted by Crippen LogP contribution is 2.32. The fourth-order valence-corrected chi connectivity index (χ4v) is 4.36. The number of anilines is 1. The zero-order valence-corrected chi connectivity index (χ0v) is 15.3. The molecule has 0 radical (unpaired) electrons. The van der Waals surface area contributed by atoms with Gasteiger partial charge in [0, 0.05) is 37.4 Å². The molecule has 0 bridgehead atoms. The van der Waals surface area contributed by atoms with Crippen LogP contribution in [0.5, 0.6) is 0 Å². The van der Waals surface area contributed by atoms with Crippen LogP contribution < -0.4 is 10.2 Å². The number of aromatic nitrogens is 3. The van der Waals surface area contributed by atoms with E-state index in [0.29, 0.717) is 5.69 Å². The third-order valence-electron chi connectivity index (χ3n) is 4.31. The van der Waals surface area contributed by atoms with E-state index in [1.807, 2.05) is 18.2 Å². The van der Waals surface area contributed by atoms with E-state index in [1.54, 1.807) is 35.3 Å². The lowest BCUT2D eigenvalue weighted by molar-refractivity contribution is 0.0927. The van der Waals surface area contributed by atoms with Crippen molar-refractivity contribution in [2.45, 2.75) is 18.9 Å². The molecule has 4 rings (SSSR count). The summed E-state index contributed by atoms with van der Waals surface area (Å²) in [6.45, 7) is 1.70. The van der Waals surface area contributed by atoms with Crippen LogP contribution >= 0.6 is 22.9 Å². The summed E-state index contributed by atoms with van der Waals surface area (Å²) < 4.78 is 2.72. The van der Waals surface area contributed by atoms with Crippen LogP contribution in [0.1, 0.15) is 23.3 Å². The maximum Gasteiger partial charge on any atom is 0.272 e. The van der Waals surface area contributed by atoms with E-state index >= 15 is 0 Å². The molecule has 130 valence electrons. The average Bonchev–Trinajstić information content (AvgIpc) is 3.21. The second kappa shape index (κ2) is 6.65. The second-order valence-electron chi connectivity index (χ2n) is 6.24. The molecule has 0 aliphatic carbocycles. The summed E-state index contributed by atoms with van der Waals surface area (Å²) >= 11 is 7.70. The summed E-state index contributed by atoms with van der Waals surface area (Å²) in [6, 6.07) is 7.58. The molecule has 1 aliphatic heterocycles. The Hall–Kier alpha value is -2.12. The highest BCUT2D eigenvalue weighted by molar-refractivity contribution is 7.22. The number of halogens is 1. The molecule has 0 saturated carbocycles. The Kier molecular flexibility index (Phi) is 4.35. The molecule has 1 fully saturated rings. The zero-order chi connectivity index (χ0) is 17.4. The van der Waals surface area contributed by atoms with Gasteiger partial charge in [-0.25, -0.2) is 4.98 Å². The molecule has 1 amide bonds. The monoisotopic (exact) mass is 375 g/mol. The molecule has 1 N–H and O–H groups in total. The molecule has 3 aromatic rings. The average molecular weight is 376 g/mol. The highest BCUT2D eigenvalue weighted by Gasteiger charge is 2.24. The van der Waals surface area contributed by atoms with Crippen molar-refractivity contribution in [2.75, 3.05) is 18.0 Å². The van der Waals surface area contributed by atoms with E-state index in [-0.39, 0.29) is 11.9 Å². The number of hydrogen-bond donors (Lipinski definition) is 1. The van der Waals surface area contributed by atoms with Gasteiger partial charge in [-0.2, -0.15) is 5.10 Å². The number of aryl methyl sites for hydroxylation is 1. The van der Waals surface area contributed by atoms with Crippen LogP contribution in [0.25, 0.3) is 10.2 Å². The van der Waals surface area contributed by atoms with Crippen molar-refractivity contribution >= 4 is 44.2 Å². The van der Waals surface area contributed by atoms with Gasteiger partial charge in [-0.3, -0.25) is 9.48 Å². The maximum atomic E-state index is 12.3. The first kappa shape index (κ1) is 16.4. The first-order valence-electron chi connectivity index (χ1n) is 8.20. The lowest BCUT2D eigenvalue weighted by Crippen LogP contribution is -2.47. The van der Waals surface area contributed by atoms with Gasteiger partial charge in [-0.05, 0) is 37.1 Å². The predicted octanol–water partition coefficient (Wildman–Crippen LogP) is 3.08. The van der Waals surface area contributed by atoms with Crippen LogP contribution in [0.15, 0.2) is 30.5 Å². The second-order valence-corrected chi connectivity index (χ2v) is 7.69. The molecular weight excluding hydrogens is 358 g/mol. The van der Waals surface area contributed by atoms with Gasteiger partial charge in [0.05, 0.1) is 10.2 Å². The summed E-state index contributed by atoms with van der Waals surface area (Å²) in [4.78, 5) is 19.3. The van der Waals surface area contributed by atoms with E-state index < -0.39 is 0 Å². The topological polar surface area (TPSA) is 63.1 Å².